The summed E-state index contributed by atoms with van der Waals surface area (Å²) in [6, 6.07) is 3.81. The van der Waals surface area contributed by atoms with E-state index in [0.717, 1.165) is 12.2 Å². The number of carbonyl (C=O) groups is 1. The standard InChI is InChI=1S/C14H24N2O3/c1-5-11(16-13(17)19-14(2,3)4)9-15-10-12-7-6-8-18-12/h6-8,11,15H,5,9-10H2,1-4H3,(H,16,17). The van der Waals surface area contributed by atoms with Gasteiger partial charge in [0.15, 0.2) is 0 Å². The zero-order valence-corrected chi connectivity index (χ0v) is 12.2. The van der Waals surface area contributed by atoms with E-state index < -0.39 is 5.60 Å². The molecular weight excluding hydrogens is 244 g/mol. The van der Waals surface area contributed by atoms with Crippen molar-refractivity contribution < 1.29 is 13.9 Å². The molecule has 0 saturated heterocycles. The maximum absolute atomic E-state index is 11.6. The van der Waals surface area contributed by atoms with Crippen molar-refractivity contribution in [1.82, 2.24) is 10.6 Å². The van der Waals surface area contributed by atoms with Crippen LogP contribution in [0.15, 0.2) is 22.8 Å². The van der Waals surface area contributed by atoms with Crippen LogP contribution in [0.3, 0.4) is 0 Å². The lowest BCUT2D eigenvalue weighted by Gasteiger charge is -2.23. The summed E-state index contributed by atoms with van der Waals surface area (Å²) in [5.74, 6) is 0.882. The van der Waals surface area contributed by atoms with E-state index >= 15 is 0 Å². The molecule has 1 aromatic heterocycles. The van der Waals surface area contributed by atoms with Crippen molar-refractivity contribution >= 4 is 6.09 Å². The lowest BCUT2D eigenvalue weighted by atomic mass is 10.2. The summed E-state index contributed by atoms with van der Waals surface area (Å²) in [5, 5.41) is 6.09. The van der Waals surface area contributed by atoms with Crippen molar-refractivity contribution in [3.05, 3.63) is 24.2 Å². The minimum Gasteiger partial charge on any atom is -0.468 e. The molecule has 0 bridgehead atoms. The van der Waals surface area contributed by atoms with Crippen molar-refractivity contribution in [2.24, 2.45) is 0 Å². The Morgan fingerprint density at radius 3 is 2.74 bits per heavy atom. The van der Waals surface area contributed by atoms with E-state index in [-0.39, 0.29) is 12.1 Å². The van der Waals surface area contributed by atoms with Gasteiger partial charge in [-0.1, -0.05) is 6.92 Å². The predicted octanol–water partition coefficient (Wildman–Crippen LogP) is 2.67. The van der Waals surface area contributed by atoms with Crippen LogP contribution in [0.25, 0.3) is 0 Å². The Morgan fingerprint density at radius 1 is 1.47 bits per heavy atom. The number of hydrogen-bond acceptors (Lipinski definition) is 4. The lowest BCUT2D eigenvalue weighted by Crippen LogP contribution is -2.43. The van der Waals surface area contributed by atoms with E-state index in [0.29, 0.717) is 13.1 Å². The highest BCUT2D eigenvalue weighted by molar-refractivity contribution is 5.68. The van der Waals surface area contributed by atoms with Gasteiger partial charge in [0.05, 0.1) is 12.8 Å². The van der Waals surface area contributed by atoms with Crippen LogP contribution in [0, 0.1) is 0 Å². The third kappa shape index (κ3) is 6.86. The van der Waals surface area contributed by atoms with Gasteiger partial charge in [-0.2, -0.15) is 0 Å². The second kappa shape index (κ2) is 7.19. The van der Waals surface area contributed by atoms with Crippen LogP contribution in [-0.2, 0) is 11.3 Å². The van der Waals surface area contributed by atoms with Gasteiger partial charge in [-0.15, -0.1) is 0 Å². The van der Waals surface area contributed by atoms with E-state index in [2.05, 4.69) is 10.6 Å². The van der Waals surface area contributed by atoms with Crippen molar-refractivity contribution in [1.29, 1.82) is 0 Å². The molecule has 1 heterocycles. The Morgan fingerprint density at radius 2 is 2.21 bits per heavy atom. The minimum absolute atomic E-state index is 0.0461. The molecule has 1 amide bonds. The fourth-order valence-corrected chi connectivity index (χ4v) is 1.55. The predicted molar refractivity (Wildman–Crippen MR) is 73.9 cm³/mol. The number of alkyl carbamates (subject to hydrolysis) is 1. The van der Waals surface area contributed by atoms with E-state index in [9.17, 15) is 4.79 Å². The van der Waals surface area contributed by atoms with Crippen LogP contribution in [0.4, 0.5) is 4.79 Å². The van der Waals surface area contributed by atoms with Gasteiger partial charge in [0.2, 0.25) is 0 Å². The van der Waals surface area contributed by atoms with E-state index in [1.165, 1.54) is 0 Å². The van der Waals surface area contributed by atoms with Gasteiger partial charge in [0.1, 0.15) is 11.4 Å². The minimum atomic E-state index is -0.468. The maximum Gasteiger partial charge on any atom is 0.407 e. The third-order valence-electron chi connectivity index (χ3n) is 2.48. The van der Waals surface area contributed by atoms with Crippen LogP contribution in [0.1, 0.15) is 39.9 Å². The summed E-state index contributed by atoms with van der Waals surface area (Å²) in [7, 11) is 0. The Bertz CT molecular complexity index is 369. The monoisotopic (exact) mass is 268 g/mol. The molecule has 0 radical (unpaired) electrons. The van der Waals surface area contributed by atoms with Gasteiger partial charge < -0.3 is 19.8 Å². The highest BCUT2D eigenvalue weighted by Crippen LogP contribution is 2.07. The van der Waals surface area contributed by atoms with E-state index in [1.807, 2.05) is 39.8 Å². The van der Waals surface area contributed by atoms with E-state index in [4.69, 9.17) is 9.15 Å². The number of ether oxygens (including phenoxy) is 1. The molecule has 19 heavy (non-hydrogen) atoms. The van der Waals surface area contributed by atoms with Gasteiger partial charge in [0, 0.05) is 12.6 Å². The molecule has 0 saturated carbocycles. The molecular formula is C14H24N2O3. The average Bonchev–Trinajstić information content (AvgIpc) is 2.78. The van der Waals surface area contributed by atoms with Gasteiger partial charge >= 0.3 is 6.09 Å². The molecule has 0 aliphatic heterocycles. The van der Waals surface area contributed by atoms with Gasteiger partial charge in [-0.3, -0.25) is 0 Å². The number of carbonyl (C=O) groups excluding carboxylic acids is 1. The molecule has 0 aliphatic rings. The molecule has 1 aromatic rings. The molecule has 2 N–H and O–H groups in total. The molecule has 1 unspecified atom stereocenters. The van der Waals surface area contributed by atoms with Gasteiger partial charge in [-0.25, -0.2) is 4.79 Å². The number of amides is 1. The fourth-order valence-electron chi connectivity index (χ4n) is 1.55. The lowest BCUT2D eigenvalue weighted by molar-refractivity contribution is 0.0502. The zero-order chi connectivity index (χ0) is 14.3. The third-order valence-corrected chi connectivity index (χ3v) is 2.48. The molecule has 5 heteroatoms. The zero-order valence-electron chi connectivity index (χ0n) is 12.2. The molecule has 5 nitrogen and oxygen atoms in total. The topological polar surface area (TPSA) is 63.5 Å². The van der Waals surface area contributed by atoms with Crippen LogP contribution in [0.2, 0.25) is 0 Å². The molecule has 1 rings (SSSR count). The first-order valence-electron chi connectivity index (χ1n) is 6.63. The van der Waals surface area contributed by atoms with Crippen molar-refractivity contribution in [3.63, 3.8) is 0 Å². The summed E-state index contributed by atoms with van der Waals surface area (Å²) >= 11 is 0. The van der Waals surface area contributed by atoms with Gasteiger partial charge in [0.25, 0.3) is 0 Å². The van der Waals surface area contributed by atoms with Gasteiger partial charge in [-0.05, 0) is 39.3 Å². The fraction of sp³-hybridized carbons (Fsp3) is 0.643. The first-order valence-corrected chi connectivity index (χ1v) is 6.63. The molecule has 0 fully saturated rings. The number of rotatable bonds is 6. The molecule has 0 spiro atoms. The van der Waals surface area contributed by atoms with Crippen LogP contribution >= 0.6 is 0 Å². The quantitative estimate of drug-likeness (QED) is 0.832. The highest BCUT2D eigenvalue weighted by atomic mass is 16.6. The summed E-state index contributed by atoms with van der Waals surface area (Å²) in [6.45, 7) is 8.90. The van der Waals surface area contributed by atoms with Crippen LogP contribution in [0.5, 0.6) is 0 Å². The Labute approximate surface area is 114 Å². The number of nitrogens with one attached hydrogen (secondary N) is 2. The second-order valence-electron chi connectivity index (χ2n) is 5.46. The summed E-state index contributed by atoms with van der Waals surface area (Å²) in [4.78, 5) is 11.6. The summed E-state index contributed by atoms with van der Waals surface area (Å²) in [5.41, 5.74) is -0.468. The molecule has 0 aromatic carbocycles. The van der Waals surface area contributed by atoms with Crippen molar-refractivity contribution in [3.8, 4) is 0 Å². The Kier molecular flexibility index (Phi) is 5.89. The number of hydrogen-bond donors (Lipinski definition) is 2. The SMILES string of the molecule is CCC(CNCc1ccco1)NC(=O)OC(C)(C)C. The van der Waals surface area contributed by atoms with Crippen molar-refractivity contribution in [2.45, 2.75) is 52.3 Å². The smallest absolute Gasteiger partial charge is 0.407 e. The van der Waals surface area contributed by atoms with Crippen LogP contribution < -0.4 is 10.6 Å². The maximum atomic E-state index is 11.6. The molecule has 1 atom stereocenters. The van der Waals surface area contributed by atoms with Crippen molar-refractivity contribution in [2.75, 3.05) is 6.54 Å². The summed E-state index contributed by atoms with van der Waals surface area (Å²) in [6.07, 6.45) is 2.11. The molecule has 0 aliphatic carbocycles. The number of furan rings is 1. The first kappa shape index (κ1) is 15.6. The largest absolute Gasteiger partial charge is 0.468 e. The first-order chi connectivity index (χ1) is 8.90. The molecule has 108 valence electrons. The normalized spacial score (nSPS) is 13.1. The average molecular weight is 268 g/mol. The second-order valence-corrected chi connectivity index (χ2v) is 5.46. The Balaban J connectivity index is 2.27. The highest BCUT2D eigenvalue weighted by Gasteiger charge is 2.18. The Hall–Kier alpha value is -1.49. The van der Waals surface area contributed by atoms with Crippen LogP contribution in [-0.4, -0.2) is 24.3 Å². The summed E-state index contributed by atoms with van der Waals surface area (Å²) < 4.78 is 10.4. The van der Waals surface area contributed by atoms with E-state index in [1.54, 1.807) is 6.26 Å².